The standard InChI is InChI=1S/C8H9N2/c1-2-4-8-7(3-1)9-5-6-10-8/h5H,1-4H2. The molecule has 0 aliphatic heterocycles. The smallest absolute Gasteiger partial charge is 0.109 e. The Morgan fingerprint density at radius 1 is 1.20 bits per heavy atom. The molecule has 10 heavy (non-hydrogen) atoms. The molecule has 1 aromatic heterocycles. The van der Waals surface area contributed by atoms with E-state index >= 15 is 0 Å². The monoisotopic (exact) mass is 133 g/mol. The summed E-state index contributed by atoms with van der Waals surface area (Å²) in [4.78, 5) is 8.33. The van der Waals surface area contributed by atoms with E-state index in [0.717, 1.165) is 18.5 Å². The predicted octanol–water partition coefficient (Wildman–Crippen LogP) is 1.16. The quantitative estimate of drug-likeness (QED) is 0.530. The Labute approximate surface area is 60.3 Å². The fraction of sp³-hybridized carbons (Fsp3) is 0.500. The SMILES string of the molecule is [c]1cnc2c(n1)CCCC2. The summed E-state index contributed by atoms with van der Waals surface area (Å²) in [5.41, 5.74) is 2.35. The summed E-state index contributed by atoms with van der Waals surface area (Å²) in [5, 5.41) is 0. The minimum Gasteiger partial charge on any atom is -0.257 e. The maximum absolute atomic E-state index is 4.20. The van der Waals surface area contributed by atoms with Crippen LogP contribution in [-0.2, 0) is 12.8 Å². The molecule has 2 heteroatoms. The van der Waals surface area contributed by atoms with E-state index in [1.54, 1.807) is 6.20 Å². The van der Waals surface area contributed by atoms with Gasteiger partial charge in [-0.1, -0.05) is 0 Å². The number of aryl methyl sites for hydroxylation is 2. The van der Waals surface area contributed by atoms with E-state index in [-0.39, 0.29) is 0 Å². The summed E-state index contributed by atoms with van der Waals surface area (Å²) in [6.45, 7) is 0. The Morgan fingerprint density at radius 2 is 2.00 bits per heavy atom. The zero-order valence-electron chi connectivity index (χ0n) is 5.80. The zero-order chi connectivity index (χ0) is 6.81. The molecule has 1 heterocycles. The van der Waals surface area contributed by atoms with Crippen molar-refractivity contribution in [2.24, 2.45) is 0 Å². The average molecular weight is 133 g/mol. The molecule has 1 aliphatic carbocycles. The van der Waals surface area contributed by atoms with E-state index in [1.807, 2.05) is 0 Å². The summed E-state index contributed by atoms with van der Waals surface area (Å²) in [5.74, 6) is 0. The van der Waals surface area contributed by atoms with Crippen molar-refractivity contribution in [3.63, 3.8) is 0 Å². The molecular weight excluding hydrogens is 124 g/mol. The third-order valence-electron chi connectivity index (χ3n) is 1.89. The van der Waals surface area contributed by atoms with Crippen molar-refractivity contribution in [3.05, 3.63) is 23.8 Å². The first kappa shape index (κ1) is 5.83. The summed E-state index contributed by atoms with van der Waals surface area (Å²) < 4.78 is 0. The highest BCUT2D eigenvalue weighted by Crippen LogP contribution is 2.15. The first-order valence-corrected chi connectivity index (χ1v) is 3.67. The van der Waals surface area contributed by atoms with Crippen LogP contribution < -0.4 is 0 Å². The van der Waals surface area contributed by atoms with Gasteiger partial charge < -0.3 is 0 Å². The highest BCUT2D eigenvalue weighted by atomic mass is 14.8. The minimum absolute atomic E-state index is 1.10. The van der Waals surface area contributed by atoms with Gasteiger partial charge in [-0.25, -0.2) is 4.98 Å². The number of rotatable bonds is 0. The van der Waals surface area contributed by atoms with Gasteiger partial charge in [0.25, 0.3) is 0 Å². The molecule has 0 saturated heterocycles. The fourth-order valence-corrected chi connectivity index (χ4v) is 1.35. The Bertz CT molecular complexity index is 207. The molecule has 2 nitrogen and oxygen atoms in total. The molecule has 0 spiro atoms. The van der Waals surface area contributed by atoms with Crippen LogP contribution in [0.4, 0.5) is 0 Å². The first-order valence-electron chi connectivity index (χ1n) is 3.67. The van der Waals surface area contributed by atoms with Crippen LogP contribution in [0.1, 0.15) is 24.2 Å². The molecule has 0 bridgehead atoms. The zero-order valence-corrected chi connectivity index (χ0v) is 5.80. The van der Waals surface area contributed by atoms with Crippen LogP contribution in [0, 0.1) is 6.20 Å². The Balaban J connectivity index is 2.41. The normalized spacial score (nSPS) is 16.4. The van der Waals surface area contributed by atoms with Gasteiger partial charge >= 0.3 is 0 Å². The maximum atomic E-state index is 4.20. The van der Waals surface area contributed by atoms with Crippen LogP contribution >= 0.6 is 0 Å². The van der Waals surface area contributed by atoms with Crippen LogP contribution in [-0.4, -0.2) is 9.97 Å². The Kier molecular flexibility index (Phi) is 1.38. The van der Waals surface area contributed by atoms with E-state index in [4.69, 9.17) is 0 Å². The topological polar surface area (TPSA) is 25.8 Å². The van der Waals surface area contributed by atoms with Crippen molar-refractivity contribution in [2.45, 2.75) is 25.7 Å². The van der Waals surface area contributed by atoms with Gasteiger partial charge in [-0.15, -0.1) is 0 Å². The van der Waals surface area contributed by atoms with E-state index in [2.05, 4.69) is 16.2 Å². The Morgan fingerprint density at radius 3 is 2.80 bits per heavy atom. The summed E-state index contributed by atoms with van der Waals surface area (Å²) in [7, 11) is 0. The van der Waals surface area contributed by atoms with E-state index in [9.17, 15) is 0 Å². The van der Waals surface area contributed by atoms with Crippen LogP contribution in [0.5, 0.6) is 0 Å². The van der Waals surface area contributed by atoms with Crippen molar-refractivity contribution < 1.29 is 0 Å². The molecule has 0 N–H and O–H groups in total. The molecule has 0 saturated carbocycles. The summed E-state index contributed by atoms with van der Waals surface area (Å²) in [6.07, 6.45) is 9.15. The second-order valence-electron chi connectivity index (χ2n) is 2.60. The van der Waals surface area contributed by atoms with Gasteiger partial charge in [0.2, 0.25) is 0 Å². The van der Waals surface area contributed by atoms with Crippen LogP contribution in [0.25, 0.3) is 0 Å². The van der Waals surface area contributed by atoms with E-state index < -0.39 is 0 Å². The number of fused-ring (bicyclic) bond motifs is 1. The first-order chi connectivity index (χ1) is 4.97. The number of aromatic nitrogens is 2. The fourth-order valence-electron chi connectivity index (χ4n) is 1.35. The van der Waals surface area contributed by atoms with Crippen molar-refractivity contribution in [1.82, 2.24) is 9.97 Å². The van der Waals surface area contributed by atoms with Gasteiger partial charge in [0.15, 0.2) is 0 Å². The molecule has 1 aromatic rings. The molecule has 0 aromatic carbocycles. The highest BCUT2D eigenvalue weighted by Gasteiger charge is 2.09. The highest BCUT2D eigenvalue weighted by molar-refractivity contribution is 5.12. The second-order valence-corrected chi connectivity index (χ2v) is 2.60. The molecular formula is C8H9N2. The van der Waals surface area contributed by atoms with Gasteiger partial charge in [-0.3, -0.25) is 4.98 Å². The van der Waals surface area contributed by atoms with E-state index in [0.29, 0.717) is 0 Å². The molecule has 1 radical (unpaired) electrons. The lowest BCUT2D eigenvalue weighted by Gasteiger charge is -2.11. The molecule has 0 unspecified atom stereocenters. The lowest BCUT2D eigenvalue weighted by Crippen LogP contribution is -2.06. The van der Waals surface area contributed by atoms with Crippen molar-refractivity contribution in [2.75, 3.05) is 0 Å². The molecule has 0 atom stereocenters. The van der Waals surface area contributed by atoms with Gasteiger partial charge in [0, 0.05) is 0 Å². The third kappa shape index (κ3) is 0.897. The van der Waals surface area contributed by atoms with Crippen LogP contribution in [0.15, 0.2) is 6.20 Å². The predicted molar refractivity (Wildman–Crippen MR) is 37.5 cm³/mol. The molecule has 1 aliphatic rings. The summed E-state index contributed by atoms with van der Waals surface area (Å²) in [6, 6.07) is 0. The Hall–Kier alpha value is -0.920. The molecule has 2 rings (SSSR count). The number of hydrogen-bond donors (Lipinski definition) is 0. The molecule has 0 fully saturated rings. The molecule has 51 valence electrons. The number of nitrogens with zero attached hydrogens (tertiary/aromatic N) is 2. The lowest BCUT2D eigenvalue weighted by molar-refractivity contribution is 0.648. The third-order valence-corrected chi connectivity index (χ3v) is 1.89. The van der Waals surface area contributed by atoms with Gasteiger partial charge in [0.05, 0.1) is 17.6 Å². The maximum Gasteiger partial charge on any atom is 0.109 e. The molecule has 0 amide bonds. The average Bonchev–Trinajstić information content (AvgIpc) is 2.05. The van der Waals surface area contributed by atoms with Gasteiger partial charge in [-0.05, 0) is 25.7 Å². The van der Waals surface area contributed by atoms with Crippen molar-refractivity contribution in [1.29, 1.82) is 0 Å². The number of hydrogen-bond acceptors (Lipinski definition) is 2. The van der Waals surface area contributed by atoms with Gasteiger partial charge in [0.1, 0.15) is 6.20 Å². The van der Waals surface area contributed by atoms with Crippen molar-refractivity contribution in [3.8, 4) is 0 Å². The van der Waals surface area contributed by atoms with Crippen molar-refractivity contribution >= 4 is 0 Å². The minimum atomic E-state index is 1.10. The second kappa shape index (κ2) is 2.37. The van der Waals surface area contributed by atoms with E-state index in [1.165, 1.54) is 18.5 Å². The largest absolute Gasteiger partial charge is 0.257 e. The summed E-state index contributed by atoms with van der Waals surface area (Å²) >= 11 is 0. The lowest BCUT2D eigenvalue weighted by atomic mass is 10.0. The van der Waals surface area contributed by atoms with Crippen LogP contribution in [0.2, 0.25) is 0 Å². The van der Waals surface area contributed by atoms with Crippen LogP contribution in [0.3, 0.4) is 0 Å². The van der Waals surface area contributed by atoms with Gasteiger partial charge in [-0.2, -0.15) is 0 Å².